The Morgan fingerprint density at radius 2 is 2.14 bits per heavy atom. The lowest BCUT2D eigenvalue weighted by atomic mass is 10.1. The topological polar surface area (TPSA) is 98.7 Å². The zero-order valence-corrected chi connectivity index (χ0v) is 11.2. The minimum atomic E-state index is -0.700. The maximum atomic E-state index is 12.0. The highest BCUT2D eigenvalue weighted by Gasteiger charge is 2.34. The van der Waals surface area contributed by atoms with Gasteiger partial charge in [0.25, 0.3) is 5.91 Å². The molecule has 3 N–H and O–H groups in total. The van der Waals surface area contributed by atoms with Crippen molar-refractivity contribution in [3.05, 3.63) is 35.4 Å². The summed E-state index contributed by atoms with van der Waals surface area (Å²) in [6, 6.07) is 6.40. The van der Waals surface area contributed by atoms with Gasteiger partial charge in [-0.2, -0.15) is 0 Å². The number of carbonyl (C=O) groups excluding carboxylic acids is 3. The monoisotopic (exact) mass is 289 g/mol. The number of aliphatic hydroxyl groups is 1. The molecule has 21 heavy (non-hydrogen) atoms. The predicted octanol–water partition coefficient (Wildman–Crippen LogP) is -0.687. The Balaban J connectivity index is 1.68. The lowest BCUT2D eigenvalue weighted by Crippen LogP contribution is -2.43. The summed E-state index contributed by atoms with van der Waals surface area (Å²) in [4.78, 5) is 35.7. The molecule has 1 aromatic carbocycles. The fourth-order valence-corrected chi connectivity index (χ4v) is 2.73. The first-order chi connectivity index (χ1) is 10.1. The molecule has 2 aliphatic rings. The first-order valence-corrected chi connectivity index (χ1v) is 6.69. The van der Waals surface area contributed by atoms with Crippen molar-refractivity contribution >= 4 is 17.8 Å². The highest BCUT2D eigenvalue weighted by Crippen LogP contribution is 2.31. The van der Waals surface area contributed by atoms with Crippen LogP contribution in [0.2, 0.25) is 0 Å². The van der Waals surface area contributed by atoms with Crippen LogP contribution in [0.1, 0.15) is 17.2 Å². The molecule has 7 heteroatoms. The van der Waals surface area contributed by atoms with Gasteiger partial charge in [-0.1, -0.05) is 24.3 Å². The average Bonchev–Trinajstić information content (AvgIpc) is 2.93. The summed E-state index contributed by atoms with van der Waals surface area (Å²) < 4.78 is 0. The summed E-state index contributed by atoms with van der Waals surface area (Å²) in [5.74, 6) is -0.899. The number of amides is 4. The van der Waals surface area contributed by atoms with E-state index in [1.165, 1.54) is 0 Å². The molecule has 2 atom stereocenters. The van der Waals surface area contributed by atoms with Gasteiger partial charge in [0, 0.05) is 6.42 Å². The van der Waals surface area contributed by atoms with E-state index in [4.69, 9.17) is 0 Å². The van der Waals surface area contributed by atoms with Gasteiger partial charge >= 0.3 is 6.03 Å². The Kier molecular flexibility index (Phi) is 3.34. The first kappa shape index (κ1) is 13.6. The summed E-state index contributed by atoms with van der Waals surface area (Å²) in [7, 11) is 0. The van der Waals surface area contributed by atoms with Crippen LogP contribution in [-0.4, -0.2) is 47.0 Å². The molecule has 0 saturated carbocycles. The van der Waals surface area contributed by atoms with Crippen LogP contribution in [0.3, 0.4) is 0 Å². The summed E-state index contributed by atoms with van der Waals surface area (Å²) in [5, 5.41) is 15.1. The smallest absolute Gasteiger partial charge is 0.325 e. The Morgan fingerprint density at radius 3 is 2.86 bits per heavy atom. The number of carbonyl (C=O) groups is 3. The van der Waals surface area contributed by atoms with Gasteiger partial charge in [0.05, 0.1) is 18.7 Å². The van der Waals surface area contributed by atoms with Crippen molar-refractivity contribution in [2.75, 3.05) is 13.1 Å². The van der Waals surface area contributed by atoms with Crippen LogP contribution in [0.15, 0.2) is 24.3 Å². The zero-order valence-electron chi connectivity index (χ0n) is 11.2. The molecule has 0 aromatic heterocycles. The van der Waals surface area contributed by atoms with Gasteiger partial charge in [0.2, 0.25) is 5.91 Å². The molecular weight excluding hydrogens is 274 g/mol. The van der Waals surface area contributed by atoms with Gasteiger partial charge < -0.3 is 15.7 Å². The molecule has 110 valence electrons. The van der Waals surface area contributed by atoms with Gasteiger partial charge in [0.15, 0.2) is 0 Å². The second-order valence-electron chi connectivity index (χ2n) is 5.15. The fourth-order valence-electron chi connectivity index (χ4n) is 2.73. The van der Waals surface area contributed by atoms with Crippen molar-refractivity contribution in [2.45, 2.75) is 18.6 Å². The molecule has 1 aliphatic carbocycles. The number of urea groups is 1. The van der Waals surface area contributed by atoms with Crippen LogP contribution in [0.25, 0.3) is 0 Å². The second-order valence-corrected chi connectivity index (χ2v) is 5.15. The third-order valence-corrected chi connectivity index (χ3v) is 3.76. The molecule has 1 aromatic rings. The number of benzene rings is 1. The number of nitrogens with one attached hydrogen (secondary N) is 2. The maximum Gasteiger partial charge on any atom is 0.325 e. The lowest BCUT2D eigenvalue weighted by molar-refractivity contribution is -0.131. The van der Waals surface area contributed by atoms with Gasteiger partial charge in [-0.3, -0.25) is 14.5 Å². The molecule has 1 fully saturated rings. The molecule has 1 saturated heterocycles. The number of rotatable bonds is 3. The minimum Gasteiger partial charge on any atom is -0.390 e. The molecule has 0 unspecified atom stereocenters. The van der Waals surface area contributed by atoms with Crippen molar-refractivity contribution in [1.82, 2.24) is 15.5 Å². The number of aliphatic hydroxyl groups excluding tert-OH is 1. The number of fused-ring (bicyclic) bond motifs is 1. The minimum absolute atomic E-state index is 0.0823. The first-order valence-electron chi connectivity index (χ1n) is 6.69. The van der Waals surface area contributed by atoms with E-state index >= 15 is 0 Å². The van der Waals surface area contributed by atoms with Crippen LogP contribution >= 0.6 is 0 Å². The molecule has 0 spiro atoms. The van der Waals surface area contributed by atoms with E-state index in [9.17, 15) is 19.5 Å². The van der Waals surface area contributed by atoms with Crippen molar-refractivity contribution in [1.29, 1.82) is 0 Å². The summed E-state index contributed by atoms with van der Waals surface area (Å²) in [6.07, 6.45) is -0.223. The molecular formula is C14H15N3O4. The number of hydrogen-bond acceptors (Lipinski definition) is 4. The highest BCUT2D eigenvalue weighted by molar-refractivity contribution is 6.04. The number of nitrogens with zero attached hydrogens (tertiary/aromatic N) is 1. The van der Waals surface area contributed by atoms with Crippen LogP contribution in [0.5, 0.6) is 0 Å². The third-order valence-electron chi connectivity index (χ3n) is 3.76. The Morgan fingerprint density at radius 1 is 1.38 bits per heavy atom. The van der Waals surface area contributed by atoms with Crippen LogP contribution < -0.4 is 10.6 Å². The maximum absolute atomic E-state index is 12.0. The largest absolute Gasteiger partial charge is 0.390 e. The van der Waals surface area contributed by atoms with Crippen LogP contribution in [0.4, 0.5) is 4.79 Å². The van der Waals surface area contributed by atoms with Gasteiger partial charge in [-0.05, 0) is 11.1 Å². The lowest BCUT2D eigenvalue weighted by Gasteiger charge is -2.19. The molecule has 3 rings (SSSR count). The third kappa shape index (κ3) is 2.47. The van der Waals surface area contributed by atoms with E-state index in [1.807, 2.05) is 24.3 Å². The summed E-state index contributed by atoms with van der Waals surface area (Å²) in [6.45, 7) is -0.420. The molecule has 4 amide bonds. The molecule has 1 aliphatic heterocycles. The molecule has 1 heterocycles. The van der Waals surface area contributed by atoms with Gasteiger partial charge in [-0.25, -0.2) is 4.79 Å². The van der Waals surface area contributed by atoms with E-state index < -0.39 is 30.0 Å². The van der Waals surface area contributed by atoms with Crippen LogP contribution in [0, 0.1) is 0 Å². The van der Waals surface area contributed by atoms with E-state index in [0.29, 0.717) is 6.42 Å². The molecule has 0 bridgehead atoms. The van der Waals surface area contributed by atoms with E-state index in [2.05, 4.69) is 10.6 Å². The highest BCUT2D eigenvalue weighted by atomic mass is 16.3. The van der Waals surface area contributed by atoms with Crippen molar-refractivity contribution in [3.63, 3.8) is 0 Å². The van der Waals surface area contributed by atoms with Crippen molar-refractivity contribution < 1.29 is 19.5 Å². The summed E-state index contributed by atoms with van der Waals surface area (Å²) in [5.41, 5.74) is 1.86. The number of hydrogen-bond donors (Lipinski definition) is 3. The fraction of sp³-hybridized carbons (Fsp3) is 0.357. The Hall–Kier alpha value is -2.41. The van der Waals surface area contributed by atoms with E-state index in [1.54, 1.807) is 0 Å². The van der Waals surface area contributed by atoms with Crippen molar-refractivity contribution in [2.24, 2.45) is 0 Å². The second kappa shape index (κ2) is 5.17. The van der Waals surface area contributed by atoms with Gasteiger partial charge in [-0.15, -0.1) is 0 Å². The van der Waals surface area contributed by atoms with Crippen LogP contribution in [-0.2, 0) is 16.0 Å². The predicted molar refractivity (Wildman–Crippen MR) is 72.1 cm³/mol. The normalized spacial score (nSPS) is 24.0. The van der Waals surface area contributed by atoms with Crippen molar-refractivity contribution in [3.8, 4) is 0 Å². The summed E-state index contributed by atoms with van der Waals surface area (Å²) >= 11 is 0. The number of imide groups is 1. The van der Waals surface area contributed by atoms with E-state index in [-0.39, 0.29) is 13.1 Å². The zero-order chi connectivity index (χ0) is 15.0. The average molecular weight is 289 g/mol. The molecule has 0 radical (unpaired) electrons. The Bertz CT molecular complexity index is 600. The standard InChI is InChI=1S/C14H15N3O4/c18-10-5-8-3-1-2-4-9(8)13(10)16-11(19)7-17-12(20)6-15-14(17)21/h1-4,10,13,18H,5-7H2,(H,15,21)(H,16,19)/t10-,13+/m0/s1. The van der Waals surface area contributed by atoms with E-state index in [0.717, 1.165) is 16.0 Å². The van der Waals surface area contributed by atoms with Gasteiger partial charge in [0.1, 0.15) is 6.54 Å². The Labute approximate surface area is 120 Å². The molecule has 7 nitrogen and oxygen atoms in total. The SMILES string of the molecule is O=C(CN1C(=O)CNC1=O)N[C@@H]1c2ccccc2C[C@@H]1O. The quantitative estimate of drug-likeness (QED) is 0.642.